The van der Waals surface area contributed by atoms with E-state index in [2.05, 4.69) is 6.58 Å². The molecule has 0 aromatic heterocycles. The van der Waals surface area contributed by atoms with Gasteiger partial charge in [0.05, 0.1) is 5.56 Å². The van der Waals surface area contributed by atoms with Crippen molar-refractivity contribution in [2.75, 3.05) is 0 Å². The second-order valence-corrected chi connectivity index (χ2v) is 4.82. The first-order valence-corrected chi connectivity index (χ1v) is 6.35. The average molecular weight is 297 g/mol. The molecule has 0 aliphatic rings. The van der Waals surface area contributed by atoms with Crippen LogP contribution in [0.1, 0.15) is 22.6 Å². The summed E-state index contributed by atoms with van der Waals surface area (Å²) in [5.74, 6) is -0.158. The largest absolute Gasteiger partial charge is 0.416 e. The maximum Gasteiger partial charge on any atom is 0.416 e. The van der Waals surface area contributed by atoms with Crippen LogP contribution in [0, 0.1) is 0 Å². The van der Waals surface area contributed by atoms with Gasteiger partial charge in [-0.1, -0.05) is 41.9 Å². The van der Waals surface area contributed by atoms with Crippen LogP contribution in [0.4, 0.5) is 13.2 Å². The summed E-state index contributed by atoms with van der Waals surface area (Å²) in [6.07, 6.45) is -2.62. The normalized spacial score (nSPS) is 13.0. The summed E-state index contributed by atoms with van der Waals surface area (Å²) in [6.45, 7) is 3.75. The van der Waals surface area contributed by atoms with Gasteiger partial charge >= 0.3 is 6.18 Å². The zero-order valence-electron chi connectivity index (χ0n) is 10.5. The lowest BCUT2D eigenvalue weighted by Crippen LogP contribution is -2.05. The van der Waals surface area contributed by atoms with Gasteiger partial charge in [0.1, 0.15) is 0 Å². The molecule has 20 heavy (non-hydrogen) atoms. The van der Waals surface area contributed by atoms with Crippen LogP contribution in [-0.4, -0.2) is 0 Å². The van der Waals surface area contributed by atoms with E-state index in [-0.39, 0.29) is 5.92 Å². The summed E-state index contributed by atoms with van der Waals surface area (Å²) in [7, 11) is 0. The van der Waals surface area contributed by atoms with Crippen molar-refractivity contribution >= 4 is 11.6 Å². The van der Waals surface area contributed by atoms with E-state index < -0.39 is 11.7 Å². The van der Waals surface area contributed by atoms with Crippen molar-refractivity contribution < 1.29 is 13.2 Å². The van der Waals surface area contributed by atoms with Crippen LogP contribution in [0.3, 0.4) is 0 Å². The molecule has 0 fully saturated rings. The molecule has 0 nitrogen and oxygen atoms in total. The quantitative estimate of drug-likeness (QED) is 0.640. The number of alkyl halides is 3. The predicted octanol–water partition coefficient (Wildman–Crippen LogP) is 5.68. The number of hydrogen-bond donors (Lipinski definition) is 0. The van der Waals surface area contributed by atoms with Crippen LogP contribution in [0.25, 0.3) is 0 Å². The Balaban J connectivity index is 2.33. The van der Waals surface area contributed by atoms with E-state index in [1.165, 1.54) is 12.1 Å². The summed E-state index contributed by atoms with van der Waals surface area (Å²) >= 11 is 5.83. The fourth-order valence-corrected chi connectivity index (χ4v) is 2.14. The predicted molar refractivity (Wildman–Crippen MR) is 74.9 cm³/mol. The maximum atomic E-state index is 12.5. The number of rotatable bonds is 3. The number of hydrogen-bond acceptors (Lipinski definition) is 0. The molecule has 2 aromatic rings. The molecular weight excluding hydrogens is 285 g/mol. The highest BCUT2D eigenvalue weighted by molar-refractivity contribution is 6.30. The fraction of sp³-hybridized carbons (Fsp3) is 0.125. The molecular formula is C16H12ClF3. The highest BCUT2D eigenvalue weighted by Gasteiger charge is 2.30. The van der Waals surface area contributed by atoms with Crippen LogP contribution < -0.4 is 0 Å². The van der Waals surface area contributed by atoms with Crippen molar-refractivity contribution in [1.29, 1.82) is 0 Å². The van der Waals surface area contributed by atoms with Gasteiger partial charge in [-0.2, -0.15) is 13.2 Å². The lowest BCUT2D eigenvalue weighted by molar-refractivity contribution is -0.137. The zero-order chi connectivity index (χ0) is 14.8. The molecule has 1 atom stereocenters. The van der Waals surface area contributed by atoms with Crippen LogP contribution in [0.15, 0.2) is 61.2 Å². The van der Waals surface area contributed by atoms with Gasteiger partial charge in [0.25, 0.3) is 0 Å². The van der Waals surface area contributed by atoms with Gasteiger partial charge in [-0.15, -0.1) is 6.58 Å². The SMILES string of the molecule is C=C[C@H](c1ccc(Cl)cc1)c1ccc(C(F)(F)F)cc1. The first kappa shape index (κ1) is 14.7. The van der Waals surface area contributed by atoms with E-state index in [0.29, 0.717) is 5.02 Å². The standard InChI is InChI=1S/C16H12ClF3/c1-2-15(12-5-9-14(17)10-6-12)11-3-7-13(8-4-11)16(18,19)20/h2-10,15H,1H2/t15-/m0/s1. The summed E-state index contributed by atoms with van der Waals surface area (Å²) in [6, 6.07) is 12.3. The number of halogens is 4. The Hall–Kier alpha value is -1.74. The Morgan fingerprint density at radius 1 is 0.900 bits per heavy atom. The topological polar surface area (TPSA) is 0 Å². The Morgan fingerprint density at radius 2 is 1.35 bits per heavy atom. The second-order valence-electron chi connectivity index (χ2n) is 4.38. The lowest BCUT2D eigenvalue weighted by Gasteiger charge is -2.15. The molecule has 0 saturated heterocycles. The molecule has 0 bridgehead atoms. The van der Waals surface area contributed by atoms with Gasteiger partial charge in [0, 0.05) is 10.9 Å². The smallest absolute Gasteiger partial charge is 0.166 e. The van der Waals surface area contributed by atoms with Crippen LogP contribution in [-0.2, 0) is 6.18 Å². The minimum atomic E-state index is -4.32. The second kappa shape index (κ2) is 5.71. The van der Waals surface area contributed by atoms with E-state index in [4.69, 9.17) is 11.6 Å². The Kier molecular flexibility index (Phi) is 4.19. The Bertz CT molecular complexity index is 583. The summed E-state index contributed by atoms with van der Waals surface area (Å²) < 4.78 is 37.6. The molecule has 0 unspecified atom stereocenters. The third-order valence-electron chi connectivity index (χ3n) is 3.06. The molecule has 2 aromatic carbocycles. The van der Waals surface area contributed by atoms with Gasteiger partial charge in [0.15, 0.2) is 0 Å². The van der Waals surface area contributed by atoms with E-state index in [1.807, 2.05) is 12.1 Å². The van der Waals surface area contributed by atoms with E-state index in [9.17, 15) is 13.2 Å². The van der Waals surface area contributed by atoms with Crippen molar-refractivity contribution in [3.63, 3.8) is 0 Å². The first-order chi connectivity index (χ1) is 9.41. The monoisotopic (exact) mass is 296 g/mol. The highest BCUT2D eigenvalue weighted by Crippen LogP contribution is 2.32. The Morgan fingerprint density at radius 3 is 1.75 bits per heavy atom. The van der Waals surface area contributed by atoms with E-state index in [1.54, 1.807) is 18.2 Å². The number of benzene rings is 2. The van der Waals surface area contributed by atoms with Gasteiger partial charge in [-0.25, -0.2) is 0 Å². The van der Waals surface area contributed by atoms with Crippen LogP contribution in [0.5, 0.6) is 0 Å². The molecule has 0 spiro atoms. The van der Waals surface area contributed by atoms with Crippen molar-refractivity contribution in [1.82, 2.24) is 0 Å². The molecule has 104 valence electrons. The first-order valence-electron chi connectivity index (χ1n) is 5.97. The maximum absolute atomic E-state index is 12.5. The molecule has 0 N–H and O–H groups in total. The van der Waals surface area contributed by atoms with Gasteiger partial charge in [-0.05, 0) is 35.4 Å². The third-order valence-corrected chi connectivity index (χ3v) is 3.31. The van der Waals surface area contributed by atoms with Crippen molar-refractivity contribution in [2.45, 2.75) is 12.1 Å². The third kappa shape index (κ3) is 3.23. The summed E-state index contributed by atoms with van der Waals surface area (Å²) in [4.78, 5) is 0. The van der Waals surface area contributed by atoms with Gasteiger partial charge in [0.2, 0.25) is 0 Å². The van der Waals surface area contributed by atoms with Gasteiger partial charge < -0.3 is 0 Å². The molecule has 0 heterocycles. The van der Waals surface area contributed by atoms with Crippen molar-refractivity contribution in [3.05, 3.63) is 82.9 Å². The molecule has 0 aliphatic heterocycles. The summed E-state index contributed by atoms with van der Waals surface area (Å²) in [5.41, 5.74) is 1.04. The Labute approximate surface area is 120 Å². The van der Waals surface area contributed by atoms with Crippen LogP contribution in [0.2, 0.25) is 5.02 Å². The molecule has 0 amide bonds. The van der Waals surface area contributed by atoms with E-state index in [0.717, 1.165) is 23.3 Å². The average Bonchev–Trinajstić information content (AvgIpc) is 2.41. The van der Waals surface area contributed by atoms with Gasteiger partial charge in [-0.3, -0.25) is 0 Å². The zero-order valence-corrected chi connectivity index (χ0v) is 11.2. The van der Waals surface area contributed by atoms with Crippen LogP contribution >= 0.6 is 11.6 Å². The minimum absolute atomic E-state index is 0.158. The highest BCUT2D eigenvalue weighted by atomic mass is 35.5. The lowest BCUT2D eigenvalue weighted by atomic mass is 9.91. The molecule has 4 heteroatoms. The molecule has 0 radical (unpaired) electrons. The fourth-order valence-electron chi connectivity index (χ4n) is 2.01. The minimum Gasteiger partial charge on any atom is -0.166 e. The molecule has 0 saturated carbocycles. The van der Waals surface area contributed by atoms with E-state index >= 15 is 0 Å². The van der Waals surface area contributed by atoms with Crippen molar-refractivity contribution in [2.24, 2.45) is 0 Å². The molecule has 2 rings (SSSR count). The summed E-state index contributed by atoms with van der Waals surface area (Å²) in [5, 5.41) is 0.615. The number of allylic oxidation sites excluding steroid dienone is 1. The molecule has 0 aliphatic carbocycles. The van der Waals surface area contributed by atoms with Crippen molar-refractivity contribution in [3.8, 4) is 0 Å².